The second-order valence-corrected chi connectivity index (χ2v) is 3.64. The van der Waals surface area contributed by atoms with Crippen LogP contribution in [0.15, 0.2) is 23.2 Å². The average Bonchev–Trinajstić information content (AvgIpc) is 2.87. The predicted molar refractivity (Wildman–Crippen MR) is 63.5 cm³/mol. The maximum atomic E-state index is 10.8. The topological polar surface area (TPSA) is 77.4 Å². The van der Waals surface area contributed by atoms with Crippen LogP contribution in [0.2, 0.25) is 0 Å². The lowest BCUT2D eigenvalue weighted by atomic mass is 10.1. The van der Waals surface area contributed by atoms with Crippen molar-refractivity contribution >= 4 is 11.9 Å². The molecule has 1 unspecified atom stereocenters. The summed E-state index contributed by atoms with van der Waals surface area (Å²) in [4.78, 5) is 14.8. The van der Waals surface area contributed by atoms with E-state index >= 15 is 0 Å². The molecule has 1 aliphatic heterocycles. The standard InChI is InChI=1S/C12H13NO5/c1-16-8-4-3-5-9(17-2)10(8)11-13-7(6-18-11)12(14)15/h3-5,7H,6H2,1-2H3,(H,14,15). The first kappa shape index (κ1) is 12.2. The highest BCUT2D eigenvalue weighted by molar-refractivity contribution is 6.02. The Morgan fingerprint density at radius 2 is 2.00 bits per heavy atom. The van der Waals surface area contributed by atoms with Gasteiger partial charge in [-0.15, -0.1) is 0 Å². The maximum Gasteiger partial charge on any atom is 0.332 e. The van der Waals surface area contributed by atoms with Gasteiger partial charge >= 0.3 is 5.97 Å². The van der Waals surface area contributed by atoms with Crippen molar-refractivity contribution in [2.75, 3.05) is 20.8 Å². The molecule has 6 heteroatoms. The number of benzene rings is 1. The Kier molecular flexibility index (Phi) is 3.36. The summed E-state index contributed by atoms with van der Waals surface area (Å²) in [6, 6.07) is 4.36. The minimum atomic E-state index is -1.01. The lowest BCUT2D eigenvalue weighted by Gasteiger charge is -2.11. The van der Waals surface area contributed by atoms with Crippen LogP contribution in [0, 0.1) is 0 Å². The van der Waals surface area contributed by atoms with E-state index < -0.39 is 12.0 Å². The summed E-state index contributed by atoms with van der Waals surface area (Å²) >= 11 is 0. The minimum absolute atomic E-state index is 0.0197. The number of hydrogen-bond donors (Lipinski definition) is 1. The van der Waals surface area contributed by atoms with Crippen LogP contribution in [0.25, 0.3) is 0 Å². The van der Waals surface area contributed by atoms with Crippen molar-refractivity contribution in [3.8, 4) is 11.5 Å². The molecule has 0 bridgehead atoms. The molecule has 18 heavy (non-hydrogen) atoms. The van der Waals surface area contributed by atoms with Gasteiger partial charge in [-0.2, -0.15) is 0 Å². The monoisotopic (exact) mass is 251 g/mol. The Labute approximate surface area is 104 Å². The van der Waals surface area contributed by atoms with Crippen molar-refractivity contribution < 1.29 is 24.1 Å². The second kappa shape index (κ2) is 4.95. The molecule has 0 saturated heterocycles. The SMILES string of the molecule is COc1cccc(OC)c1C1=NC(C(=O)O)CO1. The Morgan fingerprint density at radius 1 is 1.39 bits per heavy atom. The van der Waals surface area contributed by atoms with Crippen LogP contribution in [-0.4, -0.2) is 43.8 Å². The van der Waals surface area contributed by atoms with Crippen molar-refractivity contribution in [1.82, 2.24) is 0 Å². The molecule has 0 fully saturated rings. The van der Waals surface area contributed by atoms with Crippen LogP contribution in [0.5, 0.6) is 11.5 Å². The van der Waals surface area contributed by atoms with Gasteiger partial charge in [0.25, 0.3) is 0 Å². The molecule has 0 aromatic heterocycles. The number of nitrogens with zero attached hydrogens (tertiary/aromatic N) is 1. The van der Waals surface area contributed by atoms with Crippen LogP contribution < -0.4 is 9.47 Å². The summed E-state index contributed by atoms with van der Waals surface area (Å²) < 4.78 is 15.7. The third kappa shape index (κ3) is 2.09. The van der Waals surface area contributed by atoms with Crippen molar-refractivity contribution in [2.24, 2.45) is 4.99 Å². The summed E-state index contributed by atoms with van der Waals surface area (Å²) in [5.74, 6) is 0.272. The van der Waals surface area contributed by atoms with Gasteiger partial charge in [-0.05, 0) is 12.1 Å². The van der Waals surface area contributed by atoms with Gasteiger partial charge in [-0.25, -0.2) is 9.79 Å². The van der Waals surface area contributed by atoms with E-state index in [2.05, 4.69) is 4.99 Å². The van der Waals surface area contributed by atoms with E-state index in [4.69, 9.17) is 19.3 Å². The molecule has 0 aliphatic carbocycles. The molecule has 0 spiro atoms. The zero-order chi connectivity index (χ0) is 13.1. The molecule has 96 valence electrons. The van der Waals surface area contributed by atoms with E-state index in [1.54, 1.807) is 18.2 Å². The lowest BCUT2D eigenvalue weighted by Crippen LogP contribution is -2.18. The average molecular weight is 251 g/mol. The normalized spacial score (nSPS) is 17.9. The van der Waals surface area contributed by atoms with Gasteiger partial charge in [-0.3, -0.25) is 0 Å². The number of carboxylic acids is 1. The van der Waals surface area contributed by atoms with Gasteiger partial charge in [0.2, 0.25) is 5.90 Å². The fraction of sp³-hybridized carbons (Fsp3) is 0.333. The number of aliphatic carboxylic acids is 1. The van der Waals surface area contributed by atoms with Gasteiger partial charge in [0.15, 0.2) is 6.04 Å². The van der Waals surface area contributed by atoms with Crippen LogP contribution in [0.4, 0.5) is 0 Å². The van der Waals surface area contributed by atoms with E-state index in [0.29, 0.717) is 17.1 Å². The van der Waals surface area contributed by atoms with Crippen molar-refractivity contribution in [3.05, 3.63) is 23.8 Å². The zero-order valence-electron chi connectivity index (χ0n) is 10.0. The molecule has 2 rings (SSSR count). The van der Waals surface area contributed by atoms with Crippen LogP contribution in [0.3, 0.4) is 0 Å². The summed E-state index contributed by atoms with van der Waals surface area (Å²) in [6.07, 6.45) is 0. The Morgan fingerprint density at radius 3 is 2.44 bits per heavy atom. The number of rotatable bonds is 4. The largest absolute Gasteiger partial charge is 0.496 e. The smallest absolute Gasteiger partial charge is 0.332 e. The third-order valence-electron chi connectivity index (χ3n) is 2.58. The van der Waals surface area contributed by atoms with Gasteiger partial charge in [0.1, 0.15) is 23.7 Å². The molecule has 0 amide bonds. The highest BCUT2D eigenvalue weighted by atomic mass is 16.5. The lowest BCUT2D eigenvalue weighted by molar-refractivity contribution is -0.138. The first-order valence-electron chi connectivity index (χ1n) is 5.32. The number of hydrogen-bond acceptors (Lipinski definition) is 5. The summed E-state index contributed by atoms with van der Waals surface area (Å²) in [7, 11) is 3.03. The fourth-order valence-electron chi connectivity index (χ4n) is 1.70. The van der Waals surface area contributed by atoms with E-state index in [0.717, 1.165) is 0 Å². The second-order valence-electron chi connectivity index (χ2n) is 3.64. The number of carbonyl (C=O) groups is 1. The first-order chi connectivity index (χ1) is 8.67. The number of carboxylic acid groups (broad SMARTS) is 1. The fourth-order valence-corrected chi connectivity index (χ4v) is 1.70. The molecule has 0 saturated carbocycles. The summed E-state index contributed by atoms with van der Waals surface area (Å²) in [5, 5.41) is 8.88. The summed E-state index contributed by atoms with van der Waals surface area (Å²) in [6.45, 7) is 0.0197. The molecule has 1 aromatic rings. The molecule has 1 N–H and O–H groups in total. The predicted octanol–water partition coefficient (Wildman–Crippen LogP) is 0.934. The third-order valence-corrected chi connectivity index (χ3v) is 2.58. The highest BCUT2D eigenvalue weighted by Crippen LogP contribution is 2.31. The van der Waals surface area contributed by atoms with E-state index in [1.165, 1.54) is 14.2 Å². The molecule has 0 radical (unpaired) electrons. The minimum Gasteiger partial charge on any atom is -0.496 e. The van der Waals surface area contributed by atoms with Crippen molar-refractivity contribution in [1.29, 1.82) is 0 Å². The number of aliphatic imine (C=N–C) groups is 1. The molecule has 1 aliphatic rings. The summed E-state index contributed by atoms with van der Waals surface area (Å²) in [5.41, 5.74) is 0.534. The van der Waals surface area contributed by atoms with Crippen LogP contribution in [-0.2, 0) is 9.53 Å². The van der Waals surface area contributed by atoms with E-state index in [9.17, 15) is 4.79 Å². The van der Waals surface area contributed by atoms with Gasteiger partial charge in [0.05, 0.1) is 14.2 Å². The van der Waals surface area contributed by atoms with Gasteiger partial charge in [-0.1, -0.05) is 6.07 Å². The van der Waals surface area contributed by atoms with Crippen molar-refractivity contribution in [2.45, 2.75) is 6.04 Å². The van der Waals surface area contributed by atoms with E-state index in [-0.39, 0.29) is 12.5 Å². The zero-order valence-corrected chi connectivity index (χ0v) is 10.0. The molecular formula is C12H13NO5. The molecule has 6 nitrogen and oxygen atoms in total. The number of ether oxygens (including phenoxy) is 3. The Hall–Kier alpha value is -2.24. The molecule has 1 atom stereocenters. The molecular weight excluding hydrogens is 238 g/mol. The maximum absolute atomic E-state index is 10.8. The Balaban J connectivity index is 2.44. The number of methoxy groups -OCH3 is 2. The van der Waals surface area contributed by atoms with Gasteiger partial charge < -0.3 is 19.3 Å². The van der Waals surface area contributed by atoms with Crippen molar-refractivity contribution in [3.63, 3.8) is 0 Å². The quantitative estimate of drug-likeness (QED) is 0.861. The van der Waals surface area contributed by atoms with Crippen LogP contribution in [0.1, 0.15) is 5.56 Å². The first-order valence-corrected chi connectivity index (χ1v) is 5.32. The molecule has 1 aromatic carbocycles. The Bertz CT molecular complexity index is 475. The van der Waals surface area contributed by atoms with E-state index in [1.807, 2.05) is 0 Å². The molecule has 1 heterocycles. The van der Waals surface area contributed by atoms with Gasteiger partial charge in [0, 0.05) is 0 Å². The van der Waals surface area contributed by atoms with Crippen LogP contribution >= 0.6 is 0 Å². The highest BCUT2D eigenvalue weighted by Gasteiger charge is 2.29.